The van der Waals surface area contributed by atoms with Crippen LogP contribution in [0.3, 0.4) is 0 Å². The van der Waals surface area contributed by atoms with Gasteiger partial charge in [-0.1, -0.05) is 39.0 Å². The molecule has 4 rings (SSSR count). The average Bonchev–Trinajstić information content (AvgIpc) is 3.54. The number of pyridine rings is 1. The summed E-state index contributed by atoms with van der Waals surface area (Å²) in [5.74, 6) is -0.688. The highest BCUT2D eigenvalue weighted by molar-refractivity contribution is 6.04. The Kier molecular flexibility index (Phi) is 6.58. The number of carbonyl (C=O) groups excluding carboxylic acids is 2. The van der Waals surface area contributed by atoms with Crippen molar-refractivity contribution in [2.45, 2.75) is 69.7 Å². The van der Waals surface area contributed by atoms with Crippen LogP contribution in [0.15, 0.2) is 48.8 Å². The first-order valence-corrected chi connectivity index (χ1v) is 11.7. The van der Waals surface area contributed by atoms with Gasteiger partial charge in [-0.25, -0.2) is 0 Å². The first-order valence-electron chi connectivity index (χ1n) is 11.7. The Balaban J connectivity index is 1.80. The first-order chi connectivity index (χ1) is 16.2. The molecule has 8 nitrogen and oxygen atoms in total. The minimum atomic E-state index is -0.958. The van der Waals surface area contributed by atoms with E-state index >= 15 is 0 Å². The summed E-state index contributed by atoms with van der Waals surface area (Å²) in [4.78, 5) is 34.4. The maximum absolute atomic E-state index is 14.0. The number of nitriles is 1. The van der Waals surface area contributed by atoms with E-state index in [0.29, 0.717) is 11.3 Å². The summed E-state index contributed by atoms with van der Waals surface area (Å²) in [6.45, 7) is 6.42. The smallest absolute Gasteiger partial charge is 0.251 e. The first kappa shape index (κ1) is 23.7. The molecule has 178 valence electrons. The highest BCUT2D eigenvalue weighted by atomic mass is 16.3. The lowest BCUT2D eigenvalue weighted by molar-refractivity contribution is -0.128. The molecule has 1 aliphatic carbocycles. The quantitative estimate of drug-likeness (QED) is 0.640. The van der Waals surface area contributed by atoms with E-state index in [-0.39, 0.29) is 30.3 Å². The molecule has 3 atom stereocenters. The van der Waals surface area contributed by atoms with Crippen molar-refractivity contribution < 1.29 is 14.7 Å². The van der Waals surface area contributed by atoms with Gasteiger partial charge in [0.25, 0.3) is 5.91 Å². The number of aliphatic hydroxyl groups excluding tert-OH is 1. The molecule has 34 heavy (non-hydrogen) atoms. The van der Waals surface area contributed by atoms with E-state index in [2.05, 4.69) is 31.1 Å². The Hall–Kier alpha value is -3.44. The van der Waals surface area contributed by atoms with E-state index in [0.717, 1.165) is 18.4 Å². The van der Waals surface area contributed by atoms with E-state index < -0.39 is 24.1 Å². The number of benzene rings is 1. The van der Waals surface area contributed by atoms with Gasteiger partial charge in [-0.05, 0) is 42.0 Å². The molecule has 8 heteroatoms. The minimum absolute atomic E-state index is 0.0767. The molecule has 0 radical (unpaired) electrons. The summed E-state index contributed by atoms with van der Waals surface area (Å²) in [5.41, 5.74) is 2.15. The molecule has 2 aliphatic rings. The van der Waals surface area contributed by atoms with Gasteiger partial charge in [0.1, 0.15) is 12.1 Å². The van der Waals surface area contributed by atoms with Crippen LogP contribution >= 0.6 is 0 Å². The Morgan fingerprint density at radius 2 is 1.94 bits per heavy atom. The second-order valence-electron chi connectivity index (χ2n) is 10.1. The van der Waals surface area contributed by atoms with Crippen LogP contribution in [0, 0.1) is 11.5 Å². The van der Waals surface area contributed by atoms with E-state index in [1.807, 2.05) is 30.5 Å². The predicted molar refractivity (Wildman–Crippen MR) is 128 cm³/mol. The fourth-order valence-electron chi connectivity index (χ4n) is 4.31. The van der Waals surface area contributed by atoms with Crippen LogP contribution in [0.4, 0.5) is 5.69 Å². The SMILES string of the molecule is CC(C)(C)c1ccc(N(C(=O)[C@H]2C[C@@H](O)CN2C#N)C(C(=O)NC2CC2)c2cccnc2)cc1. The van der Waals surface area contributed by atoms with Gasteiger partial charge in [-0.2, -0.15) is 5.26 Å². The third-order valence-electron chi connectivity index (χ3n) is 6.37. The topological polar surface area (TPSA) is 110 Å². The van der Waals surface area contributed by atoms with Gasteiger partial charge in [0, 0.05) is 36.1 Å². The van der Waals surface area contributed by atoms with Crippen molar-refractivity contribution in [3.8, 4) is 6.19 Å². The average molecular weight is 462 g/mol. The van der Waals surface area contributed by atoms with E-state index in [1.165, 1.54) is 9.80 Å². The maximum atomic E-state index is 14.0. The number of aromatic nitrogens is 1. The van der Waals surface area contributed by atoms with Crippen molar-refractivity contribution in [2.24, 2.45) is 0 Å². The van der Waals surface area contributed by atoms with Crippen molar-refractivity contribution in [2.75, 3.05) is 11.4 Å². The number of nitrogens with one attached hydrogen (secondary N) is 1. The summed E-state index contributed by atoms with van der Waals surface area (Å²) >= 11 is 0. The van der Waals surface area contributed by atoms with Crippen molar-refractivity contribution in [3.63, 3.8) is 0 Å². The maximum Gasteiger partial charge on any atom is 0.251 e. The summed E-state index contributed by atoms with van der Waals surface area (Å²) in [6, 6.07) is 9.41. The van der Waals surface area contributed by atoms with Gasteiger partial charge in [0.2, 0.25) is 5.91 Å². The Morgan fingerprint density at radius 1 is 1.24 bits per heavy atom. The molecule has 1 saturated heterocycles. The number of β-amino-alcohol motifs (C(OH)–C–C–N with tert-alkyl or cyclic N) is 1. The largest absolute Gasteiger partial charge is 0.391 e. The zero-order valence-electron chi connectivity index (χ0n) is 19.8. The number of rotatable bonds is 6. The predicted octanol–water partition coefficient (Wildman–Crippen LogP) is 2.65. The molecule has 1 aliphatic heterocycles. The molecule has 2 N–H and O–H groups in total. The summed E-state index contributed by atoms with van der Waals surface area (Å²) in [5, 5.41) is 22.8. The molecular weight excluding hydrogens is 430 g/mol. The zero-order chi connectivity index (χ0) is 24.5. The number of hydrogen-bond acceptors (Lipinski definition) is 6. The Bertz CT molecular complexity index is 1070. The lowest BCUT2D eigenvalue weighted by Crippen LogP contribution is -2.50. The number of likely N-dealkylation sites (tertiary alicyclic amines) is 1. The summed E-state index contributed by atoms with van der Waals surface area (Å²) < 4.78 is 0. The number of hydrogen-bond donors (Lipinski definition) is 2. The van der Waals surface area contributed by atoms with Crippen LogP contribution in [-0.4, -0.2) is 51.5 Å². The number of aliphatic hydroxyl groups is 1. The molecule has 0 bridgehead atoms. The van der Waals surface area contributed by atoms with Crippen LogP contribution < -0.4 is 10.2 Å². The van der Waals surface area contributed by atoms with Gasteiger partial charge < -0.3 is 10.4 Å². The molecule has 0 spiro atoms. The molecule has 1 unspecified atom stereocenters. The minimum Gasteiger partial charge on any atom is -0.391 e. The molecular formula is C26H31N5O3. The zero-order valence-corrected chi connectivity index (χ0v) is 19.8. The van der Waals surface area contributed by atoms with Gasteiger partial charge in [-0.15, -0.1) is 0 Å². The fourth-order valence-corrected chi connectivity index (χ4v) is 4.31. The van der Waals surface area contributed by atoms with Crippen molar-refractivity contribution in [1.29, 1.82) is 5.26 Å². The van der Waals surface area contributed by atoms with Crippen LogP contribution in [0.2, 0.25) is 0 Å². The van der Waals surface area contributed by atoms with Crippen LogP contribution in [0.5, 0.6) is 0 Å². The normalized spacial score (nSPS) is 21.0. The monoisotopic (exact) mass is 461 g/mol. The number of amides is 2. The molecule has 1 aromatic heterocycles. The van der Waals surface area contributed by atoms with Crippen molar-refractivity contribution in [3.05, 3.63) is 59.9 Å². The van der Waals surface area contributed by atoms with Crippen LogP contribution in [0.1, 0.15) is 57.2 Å². The molecule has 1 saturated carbocycles. The number of nitrogens with zero attached hydrogens (tertiary/aromatic N) is 4. The lowest BCUT2D eigenvalue weighted by Gasteiger charge is -2.34. The molecule has 2 amide bonds. The van der Waals surface area contributed by atoms with Gasteiger partial charge >= 0.3 is 0 Å². The van der Waals surface area contributed by atoms with E-state index in [9.17, 15) is 20.0 Å². The third kappa shape index (κ3) is 5.05. The van der Waals surface area contributed by atoms with Crippen LogP contribution in [0.25, 0.3) is 0 Å². The third-order valence-corrected chi connectivity index (χ3v) is 6.37. The molecule has 2 aromatic rings. The van der Waals surface area contributed by atoms with Gasteiger partial charge in [0.05, 0.1) is 12.6 Å². The summed E-state index contributed by atoms with van der Waals surface area (Å²) in [6.07, 6.45) is 6.41. The highest BCUT2D eigenvalue weighted by Crippen LogP contribution is 2.34. The Morgan fingerprint density at radius 3 is 2.50 bits per heavy atom. The number of anilines is 1. The van der Waals surface area contributed by atoms with E-state index in [4.69, 9.17) is 0 Å². The van der Waals surface area contributed by atoms with Crippen molar-refractivity contribution in [1.82, 2.24) is 15.2 Å². The van der Waals surface area contributed by atoms with Crippen molar-refractivity contribution >= 4 is 17.5 Å². The lowest BCUT2D eigenvalue weighted by atomic mass is 9.87. The van der Waals surface area contributed by atoms with Crippen LogP contribution in [-0.2, 0) is 15.0 Å². The summed E-state index contributed by atoms with van der Waals surface area (Å²) in [7, 11) is 0. The molecule has 1 aromatic carbocycles. The second kappa shape index (κ2) is 9.43. The molecule has 2 heterocycles. The highest BCUT2D eigenvalue weighted by Gasteiger charge is 2.43. The van der Waals surface area contributed by atoms with E-state index in [1.54, 1.807) is 24.5 Å². The van der Waals surface area contributed by atoms with Gasteiger partial charge in [0.15, 0.2) is 6.19 Å². The standard InChI is InChI=1S/C26H31N5O3/c1-26(2,3)18-6-10-20(11-7-18)31(25(34)22-13-21(32)15-30(22)16-27)23(17-5-4-12-28-14-17)24(33)29-19-8-9-19/h4-7,10-12,14,19,21-23,32H,8-9,13,15H2,1-3H3,(H,29,33)/t21-,22-,23?/m1/s1. The second-order valence-corrected chi connectivity index (χ2v) is 10.1. The Labute approximate surface area is 200 Å². The van der Waals surface area contributed by atoms with Gasteiger partial charge in [-0.3, -0.25) is 24.4 Å². The number of carbonyl (C=O) groups is 2. The molecule has 2 fully saturated rings. The fraction of sp³-hybridized carbons (Fsp3) is 0.462.